The summed E-state index contributed by atoms with van der Waals surface area (Å²) in [5.41, 5.74) is 1.33. The molecule has 0 radical (unpaired) electrons. The van der Waals surface area contributed by atoms with E-state index in [9.17, 15) is 13.2 Å². The van der Waals surface area contributed by atoms with Gasteiger partial charge in [0.25, 0.3) is 0 Å². The predicted octanol–water partition coefficient (Wildman–Crippen LogP) is 7.27. The number of alkyl halides is 3. The summed E-state index contributed by atoms with van der Waals surface area (Å²) in [6, 6.07) is 5.50. The van der Waals surface area contributed by atoms with Crippen LogP contribution in [0.15, 0.2) is 42.5 Å². The van der Waals surface area contributed by atoms with Crippen molar-refractivity contribution in [3.05, 3.63) is 53.6 Å². The second kappa shape index (κ2) is 7.80. The summed E-state index contributed by atoms with van der Waals surface area (Å²) in [6.45, 7) is 2.27. The summed E-state index contributed by atoms with van der Waals surface area (Å²) in [4.78, 5) is 0. The topological polar surface area (TPSA) is 0 Å². The van der Waals surface area contributed by atoms with Gasteiger partial charge in [0.05, 0.1) is 5.56 Å². The van der Waals surface area contributed by atoms with E-state index in [-0.39, 0.29) is 0 Å². The van der Waals surface area contributed by atoms with E-state index in [2.05, 4.69) is 25.2 Å². The Bertz CT molecular complexity index is 614. The van der Waals surface area contributed by atoms with Gasteiger partial charge in [-0.15, -0.1) is 0 Å². The minimum Gasteiger partial charge on any atom is -0.166 e. The van der Waals surface area contributed by atoms with E-state index in [4.69, 9.17) is 0 Å². The van der Waals surface area contributed by atoms with Crippen LogP contribution in [0.5, 0.6) is 0 Å². The standard InChI is InChI=1S/C22H27F3/c1-2-3-16-4-6-17(7-5-16)18-8-10-19(11-9-18)20-12-14-21(15-13-20)22(23,24)25/h8,10-18H,2-7,9H2,1H3/t16-,17-,18?. The highest BCUT2D eigenvalue weighted by Gasteiger charge is 2.30. The van der Waals surface area contributed by atoms with Crippen LogP contribution in [-0.4, -0.2) is 0 Å². The smallest absolute Gasteiger partial charge is 0.166 e. The van der Waals surface area contributed by atoms with Crippen LogP contribution < -0.4 is 0 Å². The van der Waals surface area contributed by atoms with Gasteiger partial charge in [0.15, 0.2) is 0 Å². The van der Waals surface area contributed by atoms with Crippen LogP contribution in [0, 0.1) is 17.8 Å². The zero-order valence-corrected chi connectivity index (χ0v) is 14.9. The Morgan fingerprint density at radius 2 is 1.68 bits per heavy atom. The van der Waals surface area contributed by atoms with E-state index < -0.39 is 11.7 Å². The molecule has 3 heteroatoms. The molecule has 0 nitrogen and oxygen atoms in total. The minimum atomic E-state index is -4.27. The third-order valence-electron chi connectivity index (χ3n) is 5.87. The molecule has 1 fully saturated rings. The van der Waals surface area contributed by atoms with Crippen molar-refractivity contribution in [1.82, 2.24) is 0 Å². The summed E-state index contributed by atoms with van der Waals surface area (Å²) in [5.74, 6) is 2.29. The Morgan fingerprint density at radius 1 is 1.00 bits per heavy atom. The molecule has 1 aromatic carbocycles. The minimum absolute atomic E-state index is 0.585. The highest BCUT2D eigenvalue weighted by Crippen LogP contribution is 2.39. The molecule has 0 N–H and O–H groups in total. The number of hydrogen-bond donors (Lipinski definition) is 0. The lowest BCUT2D eigenvalue weighted by Crippen LogP contribution is -2.21. The van der Waals surface area contributed by atoms with Crippen molar-refractivity contribution in [2.75, 3.05) is 0 Å². The van der Waals surface area contributed by atoms with Crippen molar-refractivity contribution in [3.8, 4) is 0 Å². The lowest BCUT2D eigenvalue weighted by atomic mass is 9.72. The molecular formula is C22H27F3. The summed E-state index contributed by atoms with van der Waals surface area (Å²) in [6.07, 6.45) is 11.4. The van der Waals surface area contributed by atoms with Crippen LogP contribution in [0.1, 0.15) is 63.0 Å². The zero-order chi connectivity index (χ0) is 17.9. The van der Waals surface area contributed by atoms with E-state index >= 15 is 0 Å². The van der Waals surface area contributed by atoms with E-state index in [1.165, 1.54) is 50.7 Å². The number of hydrogen-bond acceptors (Lipinski definition) is 0. The Morgan fingerprint density at radius 3 is 2.20 bits per heavy atom. The molecule has 1 saturated carbocycles. The van der Waals surface area contributed by atoms with Gasteiger partial charge < -0.3 is 0 Å². The fraction of sp³-hybridized carbons (Fsp3) is 0.545. The first kappa shape index (κ1) is 18.3. The van der Waals surface area contributed by atoms with Crippen molar-refractivity contribution in [2.24, 2.45) is 17.8 Å². The Hall–Kier alpha value is -1.51. The molecule has 0 heterocycles. The summed E-state index contributed by atoms with van der Waals surface area (Å²) < 4.78 is 38.0. The van der Waals surface area contributed by atoms with Crippen LogP contribution >= 0.6 is 0 Å². The second-order valence-corrected chi connectivity index (χ2v) is 7.56. The number of allylic oxidation sites excluding steroid dienone is 4. The molecule has 0 bridgehead atoms. The Kier molecular flexibility index (Phi) is 5.71. The fourth-order valence-electron chi connectivity index (χ4n) is 4.37. The third kappa shape index (κ3) is 4.56. The van der Waals surface area contributed by atoms with Crippen molar-refractivity contribution in [3.63, 3.8) is 0 Å². The lowest BCUT2D eigenvalue weighted by molar-refractivity contribution is -0.137. The quantitative estimate of drug-likeness (QED) is 0.536. The molecule has 0 aromatic heterocycles. The molecule has 1 unspecified atom stereocenters. The Balaban J connectivity index is 1.57. The van der Waals surface area contributed by atoms with Gasteiger partial charge in [0.2, 0.25) is 0 Å². The number of benzene rings is 1. The van der Waals surface area contributed by atoms with Crippen molar-refractivity contribution in [2.45, 2.75) is 58.0 Å². The lowest BCUT2D eigenvalue weighted by Gasteiger charge is -2.33. The first-order chi connectivity index (χ1) is 12.0. The van der Waals surface area contributed by atoms with Gasteiger partial charge in [-0.3, -0.25) is 0 Å². The van der Waals surface area contributed by atoms with Crippen molar-refractivity contribution < 1.29 is 13.2 Å². The summed E-state index contributed by atoms with van der Waals surface area (Å²) in [7, 11) is 0. The normalized spacial score (nSPS) is 27.2. The maximum atomic E-state index is 12.7. The van der Waals surface area contributed by atoms with Crippen LogP contribution in [0.25, 0.3) is 5.57 Å². The molecule has 0 spiro atoms. The van der Waals surface area contributed by atoms with E-state index in [0.29, 0.717) is 5.92 Å². The molecule has 2 aliphatic carbocycles. The number of rotatable bonds is 4. The molecular weight excluding hydrogens is 321 g/mol. The maximum Gasteiger partial charge on any atom is 0.416 e. The molecule has 0 saturated heterocycles. The highest BCUT2D eigenvalue weighted by molar-refractivity contribution is 5.75. The maximum absolute atomic E-state index is 12.7. The summed E-state index contributed by atoms with van der Waals surface area (Å²) >= 11 is 0. The zero-order valence-electron chi connectivity index (χ0n) is 14.9. The molecule has 0 aliphatic heterocycles. The van der Waals surface area contributed by atoms with Gasteiger partial charge in [-0.05, 0) is 60.3 Å². The largest absolute Gasteiger partial charge is 0.416 e. The van der Waals surface area contributed by atoms with Gasteiger partial charge in [0, 0.05) is 0 Å². The second-order valence-electron chi connectivity index (χ2n) is 7.56. The predicted molar refractivity (Wildman–Crippen MR) is 97.0 cm³/mol. The van der Waals surface area contributed by atoms with Crippen LogP contribution in [-0.2, 0) is 6.18 Å². The van der Waals surface area contributed by atoms with Crippen molar-refractivity contribution >= 4 is 5.57 Å². The first-order valence-corrected chi connectivity index (χ1v) is 9.53. The van der Waals surface area contributed by atoms with Crippen molar-refractivity contribution in [1.29, 1.82) is 0 Å². The molecule has 1 atom stereocenters. The van der Waals surface area contributed by atoms with Gasteiger partial charge >= 0.3 is 6.18 Å². The van der Waals surface area contributed by atoms with Crippen LogP contribution in [0.3, 0.4) is 0 Å². The molecule has 0 amide bonds. The van der Waals surface area contributed by atoms with E-state index in [0.717, 1.165) is 29.4 Å². The van der Waals surface area contributed by atoms with Gasteiger partial charge in [-0.25, -0.2) is 0 Å². The molecule has 3 rings (SSSR count). The number of halogens is 3. The van der Waals surface area contributed by atoms with E-state index in [1.807, 2.05) is 0 Å². The highest BCUT2D eigenvalue weighted by atomic mass is 19.4. The van der Waals surface area contributed by atoms with E-state index in [1.54, 1.807) is 12.1 Å². The fourth-order valence-corrected chi connectivity index (χ4v) is 4.37. The monoisotopic (exact) mass is 348 g/mol. The molecule has 136 valence electrons. The first-order valence-electron chi connectivity index (χ1n) is 9.53. The molecule has 1 aromatic rings. The van der Waals surface area contributed by atoms with Crippen LogP contribution in [0.2, 0.25) is 0 Å². The van der Waals surface area contributed by atoms with Crippen LogP contribution in [0.4, 0.5) is 13.2 Å². The van der Waals surface area contributed by atoms with Gasteiger partial charge in [0.1, 0.15) is 0 Å². The average molecular weight is 348 g/mol. The SMILES string of the molecule is CCC[C@H]1CC[C@H](C2C=CC(c3ccc(C(F)(F)F)cc3)=CC2)CC1. The molecule has 25 heavy (non-hydrogen) atoms. The average Bonchev–Trinajstić information content (AvgIpc) is 2.62. The Labute approximate surface area is 148 Å². The molecule has 2 aliphatic rings. The summed E-state index contributed by atoms with van der Waals surface area (Å²) in [5, 5.41) is 0. The van der Waals surface area contributed by atoms with Gasteiger partial charge in [-0.1, -0.05) is 63.0 Å². The van der Waals surface area contributed by atoms with Gasteiger partial charge in [-0.2, -0.15) is 13.2 Å². The third-order valence-corrected chi connectivity index (χ3v) is 5.87.